The van der Waals surface area contributed by atoms with E-state index in [0.717, 1.165) is 17.5 Å². The van der Waals surface area contributed by atoms with Crippen molar-refractivity contribution < 1.29 is 19.2 Å². The van der Waals surface area contributed by atoms with Gasteiger partial charge in [-0.05, 0) is 30.5 Å². The Labute approximate surface area is 209 Å². The van der Waals surface area contributed by atoms with Gasteiger partial charge in [0.1, 0.15) is 0 Å². The van der Waals surface area contributed by atoms with E-state index in [1.807, 2.05) is 29.2 Å². The van der Waals surface area contributed by atoms with Gasteiger partial charge < -0.3 is 26.6 Å². The first kappa shape index (κ1) is 30.1. The van der Waals surface area contributed by atoms with Gasteiger partial charge in [-0.1, -0.05) is 38.1 Å². The third kappa shape index (κ3) is 14.1. The molecule has 0 unspecified atom stereocenters. The van der Waals surface area contributed by atoms with Crippen molar-refractivity contribution >= 4 is 23.6 Å². The third-order valence-electron chi connectivity index (χ3n) is 5.32. The zero-order chi connectivity index (χ0) is 26.2. The number of hydrogen-bond acceptors (Lipinski definition) is 6. The van der Waals surface area contributed by atoms with Crippen molar-refractivity contribution in [3.8, 4) is 0 Å². The van der Waals surface area contributed by atoms with Gasteiger partial charge in [0.05, 0.1) is 12.6 Å². The van der Waals surface area contributed by atoms with Crippen molar-refractivity contribution in [3.05, 3.63) is 35.4 Å². The SMILES string of the molecule is CN[C@@H](CC(C)C)C(=O)NCc1ccc(CNC(=O)CN(CCNC(C)=O)CCNC(C)=O)cc1. The highest BCUT2D eigenvalue weighted by Gasteiger charge is 2.17. The number of nitrogens with one attached hydrogen (secondary N) is 5. The Balaban J connectivity index is 2.49. The highest BCUT2D eigenvalue weighted by atomic mass is 16.2. The minimum Gasteiger partial charge on any atom is -0.355 e. The smallest absolute Gasteiger partial charge is 0.237 e. The van der Waals surface area contributed by atoms with Gasteiger partial charge in [0.2, 0.25) is 23.6 Å². The minimum absolute atomic E-state index is 0.0147. The lowest BCUT2D eigenvalue weighted by Crippen LogP contribution is -2.43. The van der Waals surface area contributed by atoms with Crippen molar-refractivity contribution in [3.63, 3.8) is 0 Å². The molecule has 1 rings (SSSR count). The van der Waals surface area contributed by atoms with Gasteiger partial charge in [0.15, 0.2) is 0 Å². The molecule has 0 aliphatic heterocycles. The van der Waals surface area contributed by atoms with Crippen LogP contribution in [0.15, 0.2) is 24.3 Å². The van der Waals surface area contributed by atoms with Crippen molar-refractivity contribution in [2.24, 2.45) is 5.92 Å². The minimum atomic E-state index is -0.208. The summed E-state index contributed by atoms with van der Waals surface area (Å²) < 4.78 is 0. The van der Waals surface area contributed by atoms with Crippen molar-refractivity contribution in [2.75, 3.05) is 39.8 Å². The summed E-state index contributed by atoms with van der Waals surface area (Å²) in [6, 6.07) is 7.52. The van der Waals surface area contributed by atoms with Crippen LogP contribution in [0.5, 0.6) is 0 Å². The standard InChI is InChI=1S/C25H42N6O4/c1-18(2)14-23(26-5)25(35)30-16-22-8-6-21(7-9-22)15-29-24(34)17-31(12-10-27-19(3)32)13-11-28-20(4)33/h6-9,18,23,26H,10-17H2,1-5H3,(H,27,32)(H,28,33)(H,29,34)(H,30,35)/t23-/m0/s1. The Bertz CT molecular complexity index is 793. The summed E-state index contributed by atoms with van der Waals surface area (Å²) in [4.78, 5) is 48.9. The van der Waals surface area contributed by atoms with Gasteiger partial charge in [-0.2, -0.15) is 0 Å². The average molecular weight is 491 g/mol. The molecule has 1 aromatic rings. The fourth-order valence-corrected chi connectivity index (χ4v) is 3.42. The molecule has 196 valence electrons. The van der Waals surface area contributed by atoms with Gasteiger partial charge in [-0.3, -0.25) is 24.1 Å². The number of amides is 4. The molecule has 0 radical (unpaired) electrons. The van der Waals surface area contributed by atoms with E-state index in [2.05, 4.69) is 40.4 Å². The van der Waals surface area contributed by atoms with Gasteiger partial charge in [0.25, 0.3) is 0 Å². The number of likely N-dealkylation sites (N-methyl/N-ethyl adjacent to an activating group) is 1. The lowest BCUT2D eigenvalue weighted by Gasteiger charge is -2.22. The number of rotatable bonds is 16. The Kier molecular flexibility index (Phi) is 14.3. The second-order valence-corrected chi connectivity index (χ2v) is 9.02. The molecule has 0 spiro atoms. The van der Waals surface area contributed by atoms with Crippen LogP contribution in [0.1, 0.15) is 45.2 Å². The molecule has 0 heterocycles. The fourth-order valence-electron chi connectivity index (χ4n) is 3.42. The van der Waals surface area contributed by atoms with Crippen LogP contribution in [-0.2, 0) is 32.3 Å². The largest absolute Gasteiger partial charge is 0.355 e. The van der Waals surface area contributed by atoms with Crippen LogP contribution in [0.3, 0.4) is 0 Å². The molecule has 0 fully saturated rings. The molecule has 0 aromatic heterocycles. The summed E-state index contributed by atoms with van der Waals surface area (Å²) in [5, 5.41) is 14.4. The Hall–Kier alpha value is -2.98. The molecule has 0 bridgehead atoms. The Morgan fingerprint density at radius 2 is 1.29 bits per heavy atom. The van der Waals surface area contributed by atoms with Gasteiger partial charge in [-0.15, -0.1) is 0 Å². The van der Waals surface area contributed by atoms with Crippen LogP contribution in [0.4, 0.5) is 0 Å². The summed E-state index contributed by atoms with van der Waals surface area (Å²) >= 11 is 0. The molecule has 5 N–H and O–H groups in total. The monoisotopic (exact) mass is 490 g/mol. The highest BCUT2D eigenvalue weighted by Crippen LogP contribution is 2.07. The van der Waals surface area contributed by atoms with E-state index in [0.29, 0.717) is 45.2 Å². The number of carbonyl (C=O) groups excluding carboxylic acids is 4. The molecule has 35 heavy (non-hydrogen) atoms. The summed E-state index contributed by atoms with van der Waals surface area (Å²) in [5.41, 5.74) is 1.93. The van der Waals surface area contributed by atoms with Crippen LogP contribution in [0, 0.1) is 5.92 Å². The maximum Gasteiger partial charge on any atom is 0.237 e. The summed E-state index contributed by atoms with van der Waals surface area (Å²) in [7, 11) is 1.79. The number of hydrogen-bond donors (Lipinski definition) is 5. The second kappa shape index (κ2) is 16.6. The predicted molar refractivity (Wildman–Crippen MR) is 136 cm³/mol. The summed E-state index contributed by atoms with van der Waals surface area (Å²) in [5.74, 6) is 0.0110. The molecule has 1 aromatic carbocycles. The van der Waals surface area contributed by atoms with Gasteiger partial charge in [-0.25, -0.2) is 0 Å². The van der Waals surface area contributed by atoms with E-state index in [-0.39, 0.29) is 36.2 Å². The molecular weight excluding hydrogens is 448 g/mol. The average Bonchev–Trinajstić information content (AvgIpc) is 2.79. The summed E-state index contributed by atoms with van der Waals surface area (Å²) in [6.07, 6.45) is 0.777. The van der Waals surface area contributed by atoms with E-state index in [1.165, 1.54) is 13.8 Å². The number of carbonyl (C=O) groups is 4. The second-order valence-electron chi connectivity index (χ2n) is 9.02. The lowest BCUT2D eigenvalue weighted by molar-refractivity contribution is -0.124. The van der Waals surface area contributed by atoms with E-state index < -0.39 is 0 Å². The third-order valence-corrected chi connectivity index (χ3v) is 5.32. The maximum absolute atomic E-state index is 12.5. The zero-order valence-corrected chi connectivity index (χ0v) is 21.7. The highest BCUT2D eigenvalue weighted by molar-refractivity contribution is 5.81. The fraction of sp³-hybridized carbons (Fsp3) is 0.600. The molecule has 0 aliphatic rings. The van der Waals surface area contributed by atoms with E-state index in [1.54, 1.807) is 7.05 Å². The van der Waals surface area contributed by atoms with Crippen LogP contribution >= 0.6 is 0 Å². The zero-order valence-electron chi connectivity index (χ0n) is 21.7. The molecule has 0 aliphatic carbocycles. The molecule has 1 atom stereocenters. The normalized spacial score (nSPS) is 11.7. The van der Waals surface area contributed by atoms with Crippen LogP contribution in [0.25, 0.3) is 0 Å². The first-order valence-electron chi connectivity index (χ1n) is 12.1. The Morgan fingerprint density at radius 1 is 0.800 bits per heavy atom. The lowest BCUT2D eigenvalue weighted by atomic mass is 10.0. The first-order valence-corrected chi connectivity index (χ1v) is 12.1. The van der Waals surface area contributed by atoms with Crippen LogP contribution in [0.2, 0.25) is 0 Å². The molecule has 10 nitrogen and oxygen atoms in total. The van der Waals surface area contributed by atoms with Crippen LogP contribution in [-0.4, -0.2) is 74.3 Å². The number of nitrogens with zero attached hydrogens (tertiary/aromatic N) is 1. The molecule has 10 heteroatoms. The first-order chi connectivity index (χ1) is 16.6. The van der Waals surface area contributed by atoms with Gasteiger partial charge >= 0.3 is 0 Å². The molecule has 0 saturated carbocycles. The van der Waals surface area contributed by atoms with Crippen molar-refractivity contribution in [1.29, 1.82) is 0 Å². The molecule has 0 saturated heterocycles. The number of benzene rings is 1. The quantitative estimate of drug-likeness (QED) is 0.224. The molecular formula is C25H42N6O4. The van der Waals surface area contributed by atoms with Crippen molar-refractivity contribution in [1.82, 2.24) is 31.5 Å². The van der Waals surface area contributed by atoms with Gasteiger partial charge in [0, 0.05) is 53.1 Å². The van der Waals surface area contributed by atoms with Crippen LogP contribution < -0.4 is 26.6 Å². The summed E-state index contributed by atoms with van der Waals surface area (Å²) in [6.45, 7) is 9.89. The Morgan fingerprint density at radius 3 is 1.71 bits per heavy atom. The topological polar surface area (TPSA) is 132 Å². The van der Waals surface area contributed by atoms with E-state index in [4.69, 9.17) is 0 Å². The van der Waals surface area contributed by atoms with E-state index in [9.17, 15) is 19.2 Å². The van der Waals surface area contributed by atoms with Crippen molar-refractivity contribution in [2.45, 2.75) is 53.2 Å². The molecule has 4 amide bonds. The maximum atomic E-state index is 12.5. The predicted octanol–water partition coefficient (Wildman–Crippen LogP) is 0.127. The van der Waals surface area contributed by atoms with E-state index >= 15 is 0 Å².